The molecular formula is C27H37N7O. The van der Waals surface area contributed by atoms with Gasteiger partial charge in [0.15, 0.2) is 0 Å². The lowest BCUT2D eigenvalue weighted by atomic mass is 9.88. The fourth-order valence-electron chi connectivity index (χ4n) is 5.77. The van der Waals surface area contributed by atoms with E-state index in [9.17, 15) is 4.79 Å². The average molecular weight is 476 g/mol. The topological polar surface area (TPSA) is 99.4 Å². The fourth-order valence-corrected chi connectivity index (χ4v) is 5.77. The number of hydrogen-bond donors (Lipinski definition) is 3. The summed E-state index contributed by atoms with van der Waals surface area (Å²) in [6.45, 7) is 5.04. The Labute approximate surface area is 207 Å². The SMILES string of the molecule is NC(=O)c1cnc(Nc2ccc(C3CCN(C4CCN(C5CC5)CC4)CC3)cc2)nc1NC1CC1. The van der Waals surface area contributed by atoms with E-state index in [1.165, 1.54) is 76.5 Å². The summed E-state index contributed by atoms with van der Waals surface area (Å²) >= 11 is 0. The van der Waals surface area contributed by atoms with Gasteiger partial charge in [-0.2, -0.15) is 4.98 Å². The zero-order valence-corrected chi connectivity index (χ0v) is 20.5. The monoisotopic (exact) mass is 475 g/mol. The number of rotatable bonds is 8. The number of likely N-dealkylation sites (tertiary alicyclic amines) is 2. The number of anilines is 3. The molecule has 2 aromatic rings. The van der Waals surface area contributed by atoms with Crippen molar-refractivity contribution in [3.63, 3.8) is 0 Å². The van der Waals surface area contributed by atoms with Gasteiger partial charge in [0.25, 0.3) is 5.91 Å². The summed E-state index contributed by atoms with van der Waals surface area (Å²) in [5, 5.41) is 6.56. The van der Waals surface area contributed by atoms with Crippen molar-refractivity contribution in [2.75, 3.05) is 36.8 Å². The molecule has 3 heterocycles. The van der Waals surface area contributed by atoms with Gasteiger partial charge in [-0.1, -0.05) is 12.1 Å². The summed E-state index contributed by atoms with van der Waals surface area (Å²) in [5.41, 5.74) is 8.18. The Kier molecular flexibility index (Phi) is 6.33. The first-order valence-electron chi connectivity index (χ1n) is 13.4. The summed E-state index contributed by atoms with van der Waals surface area (Å²) in [6, 6.07) is 10.8. The first-order chi connectivity index (χ1) is 17.1. The minimum atomic E-state index is -0.515. The predicted octanol–water partition coefficient (Wildman–Crippen LogP) is 3.70. The van der Waals surface area contributed by atoms with Crippen molar-refractivity contribution in [3.8, 4) is 0 Å². The summed E-state index contributed by atoms with van der Waals surface area (Å²) in [5.74, 6) is 1.09. The van der Waals surface area contributed by atoms with Gasteiger partial charge in [0.1, 0.15) is 5.82 Å². The molecule has 2 aliphatic heterocycles. The van der Waals surface area contributed by atoms with Gasteiger partial charge in [0, 0.05) is 30.0 Å². The normalized spacial score (nSPS) is 22.7. The molecule has 4 aliphatic rings. The van der Waals surface area contributed by atoms with E-state index in [-0.39, 0.29) is 0 Å². The molecule has 1 aromatic heterocycles. The Balaban J connectivity index is 1.02. The third-order valence-electron chi connectivity index (χ3n) is 8.22. The lowest BCUT2D eigenvalue weighted by Crippen LogP contribution is -2.47. The molecule has 186 valence electrons. The van der Waals surface area contributed by atoms with Gasteiger partial charge in [-0.3, -0.25) is 4.79 Å². The zero-order chi connectivity index (χ0) is 23.8. The smallest absolute Gasteiger partial charge is 0.254 e. The van der Waals surface area contributed by atoms with E-state index in [0.29, 0.717) is 29.3 Å². The minimum absolute atomic E-state index is 0.331. The Morgan fingerprint density at radius 1 is 0.857 bits per heavy atom. The summed E-state index contributed by atoms with van der Waals surface area (Å²) < 4.78 is 0. The third kappa shape index (κ3) is 5.43. The lowest BCUT2D eigenvalue weighted by molar-refractivity contribution is 0.0844. The van der Waals surface area contributed by atoms with Crippen LogP contribution in [0.25, 0.3) is 0 Å². The second kappa shape index (κ2) is 9.74. The number of primary amides is 1. The van der Waals surface area contributed by atoms with E-state index in [1.807, 2.05) is 0 Å². The molecule has 2 saturated carbocycles. The molecule has 8 heteroatoms. The molecule has 8 nitrogen and oxygen atoms in total. The van der Waals surface area contributed by atoms with Crippen LogP contribution in [0.5, 0.6) is 0 Å². The van der Waals surface area contributed by atoms with Crippen LogP contribution in [0.15, 0.2) is 30.5 Å². The fraction of sp³-hybridized carbons (Fsp3) is 0.593. The maximum atomic E-state index is 11.7. The summed E-state index contributed by atoms with van der Waals surface area (Å²) in [4.78, 5) is 26.0. The van der Waals surface area contributed by atoms with Crippen LogP contribution in [0.4, 0.5) is 17.5 Å². The van der Waals surface area contributed by atoms with Gasteiger partial charge in [0.05, 0.1) is 5.56 Å². The molecule has 4 fully saturated rings. The second-order valence-corrected chi connectivity index (χ2v) is 10.8. The van der Waals surface area contributed by atoms with Crippen LogP contribution in [0, 0.1) is 0 Å². The van der Waals surface area contributed by atoms with E-state index >= 15 is 0 Å². The van der Waals surface area contributed by atoms with Gasteiger partial charge in [-0.25, -0.2) is 4.98 Å². The highest BCUT2D eigenvalue weighted by Gasteiger charge is 2.34. The molecule has 6 rings (SSSR count). The number of amides is 1. The largest absolute Gasteiger partial charge is 0.367 e. The Bertz CT molecular complexity index is 1030. The van der Waals surface area contributed by atoms with E-state index in [4.69, 9.17) is 5.73 Å². The Hall–Kier alpha value is -2.71. The van der Waals surface area contributed by atoms with Crippen LogP contribution in [-0.2, 0) is 0 Å². The molecular weight excluding hydrogens is 438 g/mol. The first-order valence-corrected chi connectivity index (χ1v) is 13.4. The minimum Gasteiger partial charge on any atom is -0.367 e. The number of nitrogens with one attached hydrogen (secondary N) is 2. The standard InChI is InChI=1S/C27H37N7O/c28-25(35)24-17-29-27(32-26(24)30-20-5-6-20)31-21-3-1-18(2-4-21)19-9-13-33(14-10-19)23-11-15-34(16-12-23)22-7-8-22/h1-4,17,19-20,22-23H,5-16H2,(H2,28,35)(H2,29,30,31,32). The first kappa shape index (κ1) is 22.7. The number of carbonyl (C=O) groups excluding carboxylic acids is 1. The van der Waals surface area contributed by atoms with Crippen molar-refractivity contribution >= 4 is 23.4 Å². The maximum absolute atomic E-state index is 11.7. The van der Waals surface area contributed by atoms with Crippen LogP contribution >= 0.6 is 0 Å². The second-order valence-electron chi connectivity index (χ2n) is 10.8. The predicted molar refractivity (Wildman–Crippen MR) is 138 cm³/mol. The maximum Gasteiger partial charge on any atom is 0.254 e. The van der Waals surface area contributed by atoms with E-state index < -0.39 is 5.91 Å². The van der Waals surface area contributed by atoms with Crippen LogP contribution in [0.1, 0.15) is 73.2 Å². The molecule has 2 aliphatic carbocycles. The number of carbonyl (C=O) groups is 1. The Morgan fingerprint density at radius 3 is 2.09 bits per heavy atom. The number of piperidine rings is 2. The van der Waals surface area contributed by atoms with Crippen molar-refractivity contribution in [1.29, 1.82) is 0 Å². The number of hydrogen-bond acceptors (Lipinski definition) is 7. The molecule has 35 heavy (non-hydrogen) atoms. The molecule has 0 radical (unpaired) electrons. The molecule has 0 spiro atoms. The number of nitrogens with zero attached hydrogens (tertiary/aromatic N) is 4. The van der Waals surface area contributed by atoms with Gasteiger partial charge in [0.2, 0.25) is 5.95 Å². The van der Waals surface area contributed by atoms with Crippen molar-refractivity contribution in [2.45, 2.75) is 75.4 Å². The quantitative estimate of drug-likeness (QED) is 0.535. The molecule has 0 atom stereocenters. The van der Waals surface area contributed by atoms with E-state index in [0.717, 1.165) is 30.6 Å². The number of aromatic nitrogens is 2. The molecule has 2 saturated heterocycles. The number of benzene rings is 1. The molecule has 0 bridgehead atoms. The highest BCUT2D eigenvalue weighted by molar-refractivity contribution is 5.97. The zero-order valence-electron chi connectivity index (χ0n) is 20.5. The highest BCUT2D eigenvalue weighted by atomic mass is 16.1. The lowest BCUT2D eigenvalue weighted by Gasteiger charge is -2.42. The van der Waals surface area contributed by atoms with Gasteiger partial charge in [-0.15, -0.1) is 0 Å². The highest BCUT2D eigenvalue weighted by Crippen LogP contribution is 2.34. The van der Waals surface area contributed by atoms with Gasteiger partial charge >= 0.3 is 0 Å². The van der Waals surface area contributed by atoms with Crippen molar-refractivity contribution in [2.24, 2.45) is 5.73 Å². The Morgan fingerprint density at radius 2 is 1.49 bits per heavy atom. The molecule has 1 amide bonds. The summed E-state index contributed by atoms with van der Waals surface area (Å²) in [6.07, 6.45) is 11.7. The van der Waals surface area contributed by atoms with Crippen LogP contribution < -0.4 is 16.4 Å². The van der Waals surface area contributed by atoms with Crippen molar-refractivity contribution in [3.05, 3.63) is 41.6 Å². The van der Waals surface area contributed by atoms with Crippen LogP contribution in [-0.4, -0.2) is 70.0 Å². The van der Waals surface area contributed by atoms with E-state index in [1.54, 1.807) is 0 Å². The molecule has 4 N–H and O–H groups in total. The van der Waals surface area contributed by atoms with E-state index in [2.05, 4.69) is 54.7 Å². The third-order valence-corrected chi connectivity index (χ3v) is 8.22. The van der Waals surface area contributed by atoms with Gasteiger partial charge in [-0.05, 0) is 101 Å². The van der Waals surface area contributed by atoms with Crippen LogP contribution in [0.3, 0.4) is 0 Å². The number of nitrogens with two attached hydrogens (primary N) is 1. The molecule has 1 aromatic carbocycles. The van der Waals surface area contributed by atoms with Crippen molar-refractivity contribution in [1.82, 2.24) is 19.8 Å². The van der Waals surface area contributed by atoms with Crippen LogP contribution in [0.2, 0.25) is 0 Å². The summed E-state index contributed by atoms with van der Waals surface area (Å²) in [7, 11) is 0. The van der Waals surface area contributed by atoms with Crippen molar-refractivity contribution < 1.29 is 4.79 Å². The average Bonchev–Trinajstić information content (AvgIpc) is 3.80. The molecule has 0 unspecified atom stereocenters. The van der Waals surface area contributed by atoms with Gasteiger partial charge < -0.3 is 26.2 Å².